The van der Waals surface area contributed by atoms with Crippen molar-refractivity contribution in [3.8, 4) is 11.1 Å². The van der Waals surface area contributed by atoms with Crippen LogP contribution in [0.4, 0.5) is 5.69 Å². The van der Waals surface area contributed by atoms with Crippen LogP contribution in [0.2, 0.25) is 0 Å². The van der Waals surface area contributed by atoms with Gasteiger partial charge < -0.3 is 4.90 Å². The number of aromatic nitrogens is 1. The van der Waals surface area contributed by atoms with E-state index in [1.165, 1.54) is 11.3 Å². The molecule has 7 heteroatoms. The standard InChI is InChI=1S/C22H28N2O3S2/c1-22(2,3)15-24-19-8-7-17(14-20(19)28-21(24)25)16-5-4-6-18(13-16)23-9-11-29(26,27)12-10-23/h4-8,13-14,26-27H,9-12,15H2,1-3H3. The zero-order chi connectivity index (χ0) is 20.8. The van der Waals surface area contributed by atoms with Gasteiger partial charge in [0, 0.05) is 25.3 Å². The minimum Gasteiger partial charge on any atom is -0.368 e. The average molecular weight is 433 g/mol. The molecule has 1 saturated heterocycles. The summed E-state index contributed by atoms with van der Waals surface area (Å²) in [5, 5.41) is 0. The highest BCUT2D eigenvalue weighted by Crippen LogP contribution is 2.41. The van der Waals surface area contributed by atoms with Crippen LogP contribution in [0.3, 0.4) is 0 Å². The van der Waals surface area contributed by atoms with E-state index in [1.54, 1.807) is 0 Å². The van der Waals surface area contributed by atoms with Gasteiger partial charge in [0.1, 0.15) is 0 Å². The number of hydrogen-bond acceptors (Lipinski definition) is 5. The molecule has 5 nitrogen and oxygen atoms in total. The summed E-state index contributed by atoms with van der Waals surface area (Å²) in [6.45, 7) is 8.44. The highest BCUT2D eigenvalue weighted by molar-refractivity contribution is 8.24. The van der Waals surface area contributed by atoms with E-state index in [9.17, 15) is 13.9 Å². The summed E-state index contributed by atoms with van der Waals surface area (Å²) in [6.07, 6.45) is 0. The van der Waals surface area contributed by atoms with E-state index < -0.39 is 10.6 Å². The number of hydrogen-bond donors (Lipinski definition) is 2. The van der Waals surface area contributed by atoms with Gasteiger partial charge in [-0.1, -0.05) is 50.3 Å². The normalized spacial score (nSPS) is 18.2. The predicted molar refractivity (Wildman–Crippen MR) is 126 cm³/mol. The van der Waals surface area contributed by atoms with Gasteiger partial charge >= 0.3 is 4.87 Å². The van der Waals surface area contributed by atoms with Crippen LogP contribution >= 0.6 is 21.9 Å². The van der Waals surface area contributed by atoms with Crippen LogP contribution in [0.1, 0.15) is 20.8 Å². The molecule has 2 heterocycles. The van der Waals surface area contributed by atoms with Crippen LogP contribution in [0.15, 0.2) is 47.3 Å². The first-order chi connectivity index (χ1) is 13.6. The molecule has 1 aliphatic rings. The molecule has 1 aromatic heterocycles. The molecule has 1 fully saturated rings. The molecule has 0 saturated carbocycles. The van der Waals surface area contributed by atoms with Crippen molar-refractivity contribution in [2.45, 2.75) is 27.3 Å². The maximum atomic E-state index is 12.5. The van der Waals surface area contributed by atoms with E-state index >= 15 is 0 Å². The van der Waals surface area contributed by atoms with Crippen LogP contribution in [-0.4, -0.2) is 38.3 Å². The third-order valence-corrected chi connectivity index (χ3v) is 7.84. The lowest BCUT2D eigenvalue weighted by molar-refractivity contribution is 0.346. The minimum atomic E-state index is -2.40. The summed E-state index contributed by atoms with van der Waals surface area (Å²) in [4.78, 5) is 14.8. The first-order valence-electron chi connectivity index (χ1n) is 9.84. The molecule has 29 heavy (non-hydrogen) atoms. The molecule has 0 aliphatic carbocycles. The van der Waals surface area contributed by atoms with Crippen LogP contribution in [0.25, 0.3) is 21.3 Å². The molecule has 0 spiro atoms. The molecule has 156 valence electrons. The average Bonchev–Trinajstić information content (AvgIpc) is 2.95. The quantitative estimate of drug-likeness (QED) is 0.586. The molecule has 1 aliphatic heterocycles. The van der Waals surface area contributed by atoms with E-state index in [-0.39, 0.29) is 10.3 Å². The lowest BCUT2D eigenvalue weighted by atomic mass is 9.97. The zero-order valence-corrected chi connectivity index (χ0v) is 18.7. The number of fused-ring (bicyclic) bond motifs is 1. The smallest absolute Gasteiger partial charge is 0.308 e. The van der Waals surface area contributed by atoms with Gasteiger partial charge in [-0.3, -0.25) is 18.5 Å². The van der Waals surface area contributed by atoms with Crippen molar-refractivity contribution in [2.24, 2.45) is 5.41 Å². The fourth-order valence-electron chi connectivity index (χ4n) is 3.74. The molecule has 0 amide bonds. The highest BCUT2D eigenvalue weighted by atomic mass is 32.3. The van der Waals surface area contributed by atoms with Crippen LogP contribution in [0, 0.1) is 5.41 Å². The highest BCUT2D eigenvalue weighted by Gasteiger charge is 2.22. The van der Waals surface area contributed by atoms with Crippen molar-refractivity contribution in [1.29, 1.82) is 0 Å². The Morgan fingerprint density at radius 2 is 1.72 bits per heavy atom. The molecule has 4 rings (SSSR count). The fraction of sp³-hybridized carbons (Fsp3) is 0.409. The second-order valence-electron chi connectivity index (χ2n) is 8.95. The van der Waals surface area contributed by atoms with Crippen molar-refractivity contribution in [1.82, 2.24) is 4.57 Å². The predicted octanol–water partition coefficient (Wildman–Crippen LogP) is 5.35. The number of benzene rings is 2. The minimum absolute atomic E-state index is 0.0434. The maximum Gasteiger partial charge on any atom is 0.308 e. The number of nitrogens with zero attached hydrogens (tertiary/aromatic N) is 2. The SMILES string of the molecule is CC(C)(C)Cn1c(=O)sc2cc(-c3cccc(N4CCS(O)(O)CC4)c3)ccc21. The topological polar surface area (TPSA) is 65.7 Å². The molecular weight excluding hydrogens is 404 g/mol. The summed E-state index contributed by atoms with van der Waals surface area (Å²) < 4.78 is 22.6. The van der Waals surface area contributed by atoms with Crippen molar-refractivity contribution >= 4 is 37.8 Å². The van der Waals surface area contributed by atoms with E-state index in [4.69, 9.17) is 0 Å². The van der Waals surface area contributed by atoms with Gasteiger partial charge in [0.2, 0.25) is 0 Å². The van der Waals surface area contributed by atoms with Crippen LogP contribution in [0.5, 0.6) is 0 Å². The number of anilines is 1. The lowest BCUT2D eigenvalue weighted by Crippen LogP contribution is -2.38. The molecule has 0 radical (unpaired) electrons. The third-order valence-electron chi connectivity index (χ3n) is 5.22. The summed E-state index contributed by atoms with van der Waals surface area (Å²) in [6, 6.07) is 14.6. The second kappa shape index (κ2) is 7.47. The summed E-state index contributed by atoms with van der Waals surface area (Å²) >= 11 is 1.30. The largest absolute Gasteiger partial charge is 0.368 e. The molecule has 2 N–H and O–H groups in total. The number of rotatable bonds is 3. The Hall–Kier alpha value is -1.80. The van der Waals surface area contributed by atoms with Gasteiger partial charge in [0.15, 0.2) is 0 Å². The summed E-state index contributed by atoms with van der Waals surface area (Å²) in [7, 11) is -2.40. The summed E-state index contributed by atoms with van der Waals surface area (Å²) in [5.41, 5.74) is 4.32. The van der Waals surface area contributed by atoms with Gasteiger partial charge in [0.05, 0.1) is 21.7 Å². The molecular formula is C22H28N2O3S2. The van der Waals surface area contributed by atoms with Crippen molar-refractivity contribution in [3.63, 3.8) is 0 Å². The van der Waals surface area contributed by atoms with Gasteiger partial charge in [-0.25, -0.2) is 0 Å². The van der Waals surface area contributed by atoms with Crippen molar-refractivity contribution in [3.05, 3.63) is 52.1 Å². The molecule has 0 unspecified atom stereocenters. The Bertz CT molecular complexity index is 1090. The molecule has 0 atom stereocenters. The number of thiazole rings is 1. The van der Waals surface area contributed by atoms with E-state index in [1.807, 2.05) is 10.6 Å². The Morgan fingerprint density at radius 3 is 2.41 bits per heavy atom. The lowest BCUT2D eigenvalue weighted by Gasteiger charge is -2.42. The van der Waals surface area contributed by atoms with E-state index in [0.29, 0.717) is 31.1 Å². The van der Waals surface area contributed by atoms with Crippen molar-refractivity contribution < 1.29 is 9.11 Å². The van der Waals surface area contributed by atoms with Gasteiger partial charge in [-0.2, -0.15) is 10.6 Å². The molecule has 0 bridgehead atoms. The van der Waals surface area contributed by atoms with Crippen LogP contribution < -0.4 is 9.77 Å². The fourth-order valence-corrected chi connectivity index (χ4v) is 5.90. The summed E-state index contributed by atoms with van der Waals surface area (Å²) in [5.74, 6) is 0.858. The van der Waals surface area contributed by atoms with E-state index in [2.05, 4.69) is 62.1 Å². The Morgan fingerprint density at radius 1 is 1.03 bits per heavy atom. The van der Waals surface area contributed by atoms with Crippen molar-refractivity contribution in [2.75, 3.05) is 29.5 Å². The maximum absolute atomic E-state index is 12.5. The first kappa shape index (κ1) is 20.5. The Kier molecular flexibility index (Phi) is 5.27. The zero-order valence-electron chi connectivity index (χ0n) is 17.1. The first-order valence-corrected chi connectivity index (χ1v) is 12.5. The Balaban J connectivity index is 1.64. The molecule has 3 aromatic rings. The second-order valence-corrected chi connectivity index (χ2v) is 12.4. The van der Waals surface area contributed by atoms with Crippen LogP contribution in [-0.2, 0) is 6.54 Å². The third kappa shape index (κ3) is 4.53. The van der Waals surface area contributed by atoms with Gasteiger partial charge in [0.25, 0.3) is 0 Å². The van der Waals surface area contributed by atoms with Gasteiger partial charge in [-0.05, 0) is 40.8 Å². The van der Waals surface area contributed by atoms with Gasteiger partial charge in [-0.15, -0.1) is 0 Å². The molecule has 2 aromatic carbocycles. The van der Waals surface area contributed by atoms with E-state index in [0.717, 1.165) is 27.0 Å². The Labute approximate surface area is 177 Å². The monoisotopic (exact) mass is 432 g/mol.